The van der Waals surface area contributed by atoms with Crippen LogP contribution in [-0.4, -0.2) is 57.7 Å². The maximum atomic E-state index is 12.7. The van der Waals surface area contributed by atoms with E-state index in [9.17, 15) is 13.2 Å². The zero-order valence-corrected chi connectivity index (χ0v) is 18.7. The van der Waals surface area contributed by atoms with Gasteiger partial charge in [-0.15, -0.1) is 6.58 Å². The van der Waals surface area contributed by atoms with Gasteiger partial charge in [0.05, 0.1) is 4.90 Å². The van der Waals surface area contributed by atoms with Gasteiger partial charge < -0.3 is 10.2 Å². The Bertz CT molecular complexity index is 1210. The molecule has 4 rings (SSSR count). The van der Waals surface area contributed by atoms with Crippen LogP contribution in [-0.2, 0) is 14.6 Å². The molecular formula is C25H27N3O3S. The van der Waals surface area contributed by atoms with Gasteiger partial charge in [-0.2, -0.15) is 0 Å². The number of piperazine rings is 1. The first kappa shape index (κ1) is 22.0. The molecule has 32 heavy (non-hydrogen) atoms. The standard InChI is InChI=1S/C25H27N3O3S/c1-2-13-27-14-16-28(17-15-27)23-10-8-22(9-11-23)26-25(29)19-32(30,31)24-12-7-20-5-3-4-6-21(20)18-24/h2-12,18H,1,13-17,19H2,(H,26,29). The number of anilines is 2. The molecule has 0 saturated carbocycles. The number of carbonyl (C=O) groups is 1. The fraction of sp³-hybridized carbons (Fsp3) is 0.240. The number of carbonyl (C=O) groups excluding carboxylic acids is 1. The van der Waals surface area contributed by atoms with Crippen molar-refractivity contribution in [1.82, 2.24) is 4.90 Å². The Hall–Kier alpha value is -3.16. The van der Waals surface area contributed by atoms with Gasteiger partial charge in [0.1, 0.15) is 5.75 Å². The fourth-order valence-electron chi connectivity index (χ4n) is 3.94. The van der Waals surface area contributed by atoms with E-state index < -0.39 is 21.5 Å². The maximum absolute atomic E-state index is 12.7. The van der Waals surface area contributed by atoms with Crippen molar-refractivity contribution in [2.75, 3.05) is 48.7 Å². The first-order chi connectivity index (χ1) is 15.4. The molecule has 0 aromatic heterocycles. The Morgan fingerprint density at radius 1 is 0.938 bits per heavy atom. The largest absolute Gasteiger partial charge is 0.369 e. The van der Waals surface area contributed by atoms with Gasteiger partial charge >= 0.3 is 0 Å². The van der Waals surface area contributed by atoms with Crippen LogP contribution in [0.4, 0.5) is 11.4 Å². The lowest BCUT2D eigenvalue weighted by atomic mass is 10.1. The first-order valence-corrected chi connectivity index (χ1v) is 12.3. The van der Waals surface area contributed by atoms with Gasteiger partial charge in [-0.05, 0) is 47.2 Å². The molecule has 1 aliphatic heterocycles. The van der Waals surface area contributed by atoms with Crippen molar-refractivity contribution in [3.8, 4) is 0 Å². The lowest BCUT2D eigenvalue weighted by Crippen LogP contribution is -2.46. The van der Waals surface area contributed by atoms with Crippen molar-refractivity contribution in [3.05, 3.63) is 79.4 Å². The normalized spacial score (nSPS) is 14.9. The number of nitrogens with zero attached hydrogens (tertiary/aromatic N) is 2. The van der Waals surface area contributed by atoms with Crippen LogP contribution in [0.1, 0.15) is 0 Å². The minimum absolute atomic E-state index is 0.150. The number of nitrogens with one attached hydrogen (secondary N) is 1. The third-order valence-corrected chi connectivity index (χ3v) is 7.29. The molecule has 1 N–H and O–H groups in total. The SMILES string of the molecule is C=CCN1CCN(c2ccc(NC(=O)CS(=O)(=O)c3ccc4ccccc4c3)cc2)CC1. The molecule has 1 saturated heterocycles. The second-order valence-corrected chi connectivity index (χ2v) is 9.93. The summed E-state index contributed by atoms with van der Waals surface area (Å²) in [6, 6.07) is 20.0. The Morgan fingerprint density at radius 2 is 1.62 bits per heavy atom. The van der Waals surface area contributed by atoms with Gasteiger partial charge in [-0.1, -0.05) is 36.4 Å². The number of fused-ring (bicyclic) bond motifs is 1. The van der Waals surface area contributed by atoms with E-state index in [0.29, 0.717) is 5.69 Å². The third kappa shape index (κ3) is 5.18. The van der Waals surface area contributed by atoms with Crippen molar-refractivity contribution in [3.63, 3.8) is 0 Å². The topological polar surface area (TPSA) is 69.7 Å². The summed E-state index contributed by atoms with van der Waals surface area (Å²) < 4.78 is 25.5. The summed E-state index contributed by atoms with van der Waals surface area (Å²) in [5, 5.41) is 4.49. The van der Waals surface area contributed by atoms with E-state index in [0.717, 1.165) is 49.2 Å². The number of amides is 1. The van der Waals surface area contributed by atoms with Crippen LogP contribution < -0.4 is 10.2 Å². The molecule has 0 radical (unpaired) electrons. The lowest BCUT2D eigenvalue weighted by molar-refractivity contribution is -0.113. The molecule has 0 atom stereocenters. The minimum Gasteiger partial charge on any atom is -0.369 e. The number of hydrogen-bond donors (Lipinski definition) is 1. The molecule has 0 spiro atoms. The highest BCUT2D eigenvalue weighted by Crippen LogP contribution is 2.22. The average molecular weight is 450 g/mol. The molecule has 0 bridgehead atoms. The van der Waals surface area contributed by atoms with Crippen molar-refractivity contribution in [2.24, 2.45) is 0 Å². The molecule has 1 aliphatic rings. The van der Waals surface area contributed by atoms with Crippen LogP contribution in [0.25, 0.3) is 10.8 Å². The van der Waals surface area contributed by atoms with E-state index in [1.54, 1.807) is 18.2 Å². The molecule has 0 unspecified atom stereocenters. The summed E-state index contributed by atoms with van der Waals surface area (Å²) in [5.74, 6) is -1.15. The molecule has 6 nitrogen and oxygen atoms in total. The summed E-state index contributed by atoms with van der Waals surface area (Å²) >= 11 is 0. The number of hydrogen-bond acceptors (Lipinski definition) is 5. The Kier molecular flexibility index (Phi) is 6.58. The predicted octanol–water partition coefficient (Wildman–Crippen LogP) is 3.56. The Morgan fingerprint density at radius 3 is 2.31 bits per heavy atom. The summed E-state index contributed by atoms with van der Waals surface area (Å²) in [6.45, 7) is 8.53. The van der Waals surface area contributed by atoms with E-state index in [2.05, 4.69) is 21.7 Å². The highest BCUT2D eigenvalue weighted by atomic mass is 32.2. The zero-order valence-electron chi connectivity index (χ0n) is 17.9. The monoisotopic (exact) mass is 449 g/mol. The lowest BCUT2D eigenvalue weighted by Gasteiger charge is -2.35. The van der Waals surface area contributed by atoms with Crippen molar-refractivity contribution < 1.29 is 13.2 Å². The average Bonchev–Trinajstić information content (AvgIpc) is 2.79. The van der Waals surface area contributed by atoms with E-state index in [-0.39, 0.29) is 4.90 Å². The van der Waals surface area contributed by atoms with Gasteiger partial charge in [0.25, 0.3) is 0 Å². The quantitative estimate of drug-likeness (QED) is 0.559. The van der Waals surface area contributed by atoms with E-state index in [4.69, 9.17) is 0 Å². The van der Waals surface area contributed by atoms with Crippen LogP contribution >= 0.6 is 0 Å². The molecule has 1 amide bonds. The van der Waals surface area contributed by atoms with Crippen LogP contribution in [0.5, 0.6) is 0 Å². The van der Waals surface area contributed by atoms with E-state index in [1.165, 1.54) is 0 Å². The van der Waals surface area contributed by atoms with Gasteiger partial charge in [-0.3, -0.25) is 9.69 Å². The second-order valence-electron chi connectivity index (χ2n) is 7.94. The minimum atomic E-state index is -3.74. The molecule has 7 heteroatoms. The number of rotatable bonds is 7. The van der Waals surface area contributed by atoms with Gasteiger partial charge in [0.15, 0.2) is 9.84 Å². The summed E-state index contributed by atoms with van der Waals surface area (Å²) in [5.41, 5.74) is 1.67. The number of benzene rings is 3. The highest BCUT2D eigenvalue weighted by molar-refractivity contribution is 7.92. The highest BCUT2D eigenvalue weighted by Gasteiger charge is 2.20. The van der Waals surface area contributed by atoms with E-state index >= 15 is 0 Å². The van der Waals surface area contributed by atoms with E-state index in [1.807, 2.05) is 54.6 Å². The van der Waals surface area contributed by atoms with Gasteiger partial charge in [0, 0.05) is 44.1 Å². The Balaban J connectivity index is 1.36. The summed E-state index contributed by atoms with van der Waals surface area (Å²) in [6.07, 6.45) is 1.92. The number of sulfone groups is 1. The van der Waals surface area contributed by atoms with Gasteiger partial charge in [0.2, 0.25) is 5.91 Å². The predicted molar refractivity (Wildman–Crippen MR) is 130 cm³/mol. The molecule has 0 aliphatic carbocycles. The van der Waals surface area contributed by atoms with Crippen LogP contribution in [0, 0.1) is 0 Å². The maximum Gasteiger partial charge on any atom is 0.239 e. The molecule has 3 aromatic carbocycles. The van der Waals surface area contributed by atoms with Crippen LogP contribution in [0.2, 0.25) is 0 Å². The summed E-state index contributed by atoms with van der Waals surface area (Å²) in [7, 11) is -3.74. The molecule has 3 aromatic rings. The third-order valence-electron chi connectivity index (χ3n) is 5.68. The smallest absolute Gasteiger partial charge is 0.239 e. The van der Waals surface area contributed by atoms with Crippen LogP contribution in [0.3, 0.4) is 0 Å². The molecule has 166 valence electrons. The molecule has 1 fully saturated rings. The van der Waals surface area contributed by atoms with Crippen LogP contribution in [0.15, 0.2) is 84.3 Å². The van der Waals surface area contributed by atoms with Crippen molar-refractivity contribution >= 4 is 37.9 Å². The fourth-order valence-corrected chi connectivity index (χ4v) is 5.11. The Labute approximate surface area is 189 Å². The first-order valence-electron chi connectivity index (χ1n) is 10.6. The zero-order chi connectivity index (χ0) is 22.6. The second kappa shape index (κ2) is 9.54. The van der Waals surface area contributed by atoms with Gasteiger partial charge in [-0.25, -0.2) is 8.42 Å². The molecular weight excluding hydrogens is 422 g/mol. The summed E-state index contributed by atoms with van der Waals surface area (Å²) in [4.78, 5) is 17.2. The van der Waals surface area contributed by atoms with Crippen molar-refractivity contribution in [2.45, 2.75) is 4.90 Å². The van der Waals surface area contributed by atoms with Crippen molar-refractivity contribution in [1.29, 1.82) is 0 Å². The molecule has 1 heterocycles.